The standard InChI is InChI=1S/C7H13NO2/c8-7(10)3-5-1-6(2-5)4-9/h5-6,9H,1-4H2,(H2,8,10). The molecule has 1 aliphatic carbocycles. The number of carbonyl (C=O) groups excluding carboxylic acids is 1. The highest BCUT2D eigenvalue weighted by atomic mass is 16.3. The van der Waals surface area contributed by atoms with Gasteiger partial charge in [0.2, 0.25) is 5.91 Å². The van der Waals surface area contributed by atoms with Gasteiger partial charge in [0.05, 0.1) is 0 Å². The van der Waals surface area contributed by atoms with Crippen molar-refractivity contribution >= 4 is 5.91 Å². The fourth-order valence-electron chi connectivity index (χ4n) is 1.47. The van der Waals surface area contributed by atoms with Crippen LogP contribution in [-0.4, -0.2) is 17.6 Å². The average Bonchev–Trinajstić information content (AvgIpc) is 1.76. The van der Waals surface area contributed by atoms with E-state index in [-0.39, 0.29) is 12.5 Å². The summed E-state index contributed by atoms with van der Waals surface area (Å²) in [6.07, 6.45) is 2.44. The van der Waals surface area contributed by atoms with Crippen molar-refractivity contribution in [1.82, 2.24) is 0 Å². The van der Waals surface area contributed by atoms with E-state index in [2.05, 4.69) is 0 Å². The third-order valence-electron chi connectivity index (χ3n) is 2.08. The van der Waals surface area contributed by atoms with Gasteiger partial charge in [-0.15, -0.1) is 0 Å². The summed E-state index contributed by atoms with van der Waals surface area (Å²) in [4.78, 5) is 10.4. The van der Waals surface area contributed by atoms with Crippen molar-refractivity contribution < 1.29 is 9.90 Å². The minimum atomic E-state index is -0.221. The van der Waals surface area contributed by atoms with Gasteiger partial charge in [-0.3, -0.25) is 4.79 Å². The van der Waals surface area contributed by atoms with E-state index in [4.69, 9.17) is 10.8 Å². The number of nitrogens with two attached hydrogens (primary N) is 1. The minimum Gasteiger partial charge on any atom is -0.396 e. The molecule has 0 unspecified atom stereocenters. The first-order valence-corrected chi connectivity index (χ1v) is 3.61. The summed E-state index contributed by atoms with van der Waals surface area (Å²) in [6, 6.07) is 0. The minimum absolute atomic E-state index is 0.221. The normalized spacial score (nSPS) is 31.3. The summed E-state index contributed by atoms with van der Waals surface area (Å²) < 4.78 is 0. The van der Waals surface area contributed by atoms with Gasteiger partial charge in [0.25, 0.3) is 0 Å². The fraction of sp³-hybridized carbons (Fsp3) is 0.857. The van der Waals surface area contributed by atoms with Crippen LogP contribution in [0.1, 0.15) is 19.3 Å². The lowest BCUT2D eigenvalue weighted by molar-refractivity contribution is -0.120. The van der Waals surface area contributed by atoms with Crippen molar-refractivity contribution in [2.24, 2.45) is 17.6 Å². The van der Waals surface area contributed by atoms with Crippen molar-refractivity contribution in [2.45, 2.75) is 19.3 Å². The average molecular weight is 143 g/mol. The summed E-state index contributed by atoms with van der Waals surface area (Å²) in [6.45, 7) is 0.259. The van der Waals surface area contributed by atoms with Crippen LogP contribution in [0.3, 0.4) is 0 Å². The number of carbonyl (C=O) groups is 1. The second-order valence-electron chi connectivity index (χ2n) is 3.06. The van der Waals surface area contributed by atoms with E-state index in [0.717, 1.165) is 12.8 Å². The molecule has 10 heavy (non-hydrogen) atoms. The van der Waals surface area contributed by atoms with E-state index >= 15 is 0 Å². The molecular weight excluding hydrogens is 130 g/mol. The zero-order valence-corrected chi connectivity index (χ0v) is 5.92. The highest BCUT2D eigenvalue weighted by Gasteiger charge is 2.29. The summed E-state index contributed by atoms with van der Waals surface area (Å²) in [7, 11) is 0. The van der Waals surface area contributed by atoms with E-state index in [0.29, 0.717) is 18.3 Å². The third kappa shape index (κ3) is 1.70. The van der Waals surface area contributed by atoms with Crippen molar-refractivity contribution in [3.05, 3.63) is 0 Å². The molecule has 0 atom stereocenters. The van der Waals surface area contributed by atoms with E-state index in [9.17, 15) is 4.79 Å². The van der Waals surface area contributed by atoms with Gasteiger partial charge in [-0.1, -0.05) is 0 Å². The number of aliphatic hydroxyl groups is 1. The van der Waals surface area contributed by atoms with Crippen LogP contribution in [0, 0.1) is 11.8 Å². The van der Waals surface area contributed by atoms with Crippen LogP contribution in [0.15, 0.2) is 0 Å². The van der Waals surface area contributed by atoms with Gasteiger partial charge in [0.15, 0.2) is 0 Å². The molecule has 1 fully saturated rings. The molecule has 0 bridgehead atoms. The second-order valence-corrected chi connectivity index (χ2v) is 3.06. The lowest BCUT2D eigenvalue weighted by atomic mass is 9.74. The maximum Gasteiger partial charge on any atom is 0.217 e. The molecule has 3 nitrogen and oxygen atoms in total. The van der Waals surface area contributed by atoms with Crippen molar-refractivity contribution in [3.63, 3.8) is 0 Å². The van der Waals surface area contributed by atoms with Gasteiger partial charge in [0, 0.05) is 13.0 Å². The lowest BCUT2D eigenvalue weighted by Crippen LogP contribution is -2.30. The monoisotopic (exact) mass is 143 g/mol. The quantitative estimate of drug-likeness (QED) is 0.578. The number of primary amides is 1. The Morgan fingerprint density at radius 3 is 2.50 bits per heavy atom. The van der Waals surface area contributed by atoms with Crippen LogP contribution in [0.25, 0.3) is 0 Å². The number of aliphatic hydroxyl groups excluding tert-OH is 1. The maximum atomic E-state index is 10.4. The Morgan fingerprint density at radius 1 is 1.50 bits per heavy atom. The van der Waals surface area contributed by atoms with Gasteiger partial charge in [0.1, 0.15) is 0 Å². The zero-order chi connectivity index (χ0) is 7.56. The highest BCUT2D eigenvalue weighted by molar-refractivity contribution is 5.74. The molecule has 1 rings (SSSR count). The molecule has 0 aliphatic heterocycles. The molecule has 0 aromatic heterocycles. The second kappa shape index (κ2) is 3.01. The molecule has 58 valence electrons. The van der Waals surface area contributed by atoms with E-state index in [1.165, 1.54) is 0 Å². The molecule has 1 aliphatic rings. The Labute approximate surface area is 60.2 Å². The Morgan fingerprint density at radius 2 is 2.10 bits per heavy atom. The van der Waals surface area contributed by atoms with E-state index in [1.54, 1.807) is 0 Å². The summed E-state index contributed by atoms with van der Waals surface area (Å²) in [5, 5.41) is 8.62. The van der Waals surface area contributed by atoms with Crippen LogP contribution >= 0.6 is 0 Å². The van der Waals surface area contributed by atoms with Gasteiger partial charge < -0.3 is 10.8 Å². The van der Waals surface area contributed by atoms with E-state index < -0.39 is 0 Å². The van der Waals surface area contributed by atoms with Crippen LogP contribution in [0.2, 0.25) is 0 Å². The predicted octanol–water partition coefficient (Wildman–Crippen LogP) is -0.120. The fourth-order valence-corrected chi connectivity index (χ4v) is 1.47. The number of amides is 1. The first-order chi connectivity index (χ1) is 4.72. The van der Waals surface area contributed by atoms with Crippen LogP contribution in [0.4, 0.5) is 0 Å². The Balaban J connectivity index is 2.08. The SMILES string of the molecule is NC(=O)CC1CC(CO)C1. The Hall–Kier alpha value is -0.570. The number of hydrogen-bond donors (Lipinski definition) is 2. The topological polar surface area (TPSA) is 63.3 Å². The molecule has 0 saturated heterocycles. The molecule has 1 saturated carbocycles. The Kier molecular flexibility index (Phi) is 2.27. The molecule has 1 amide bonds. The number of hydrogen-bond acceptors (Lipinski definition) is 2. The Bertz CT molecular complexity index is 130. The summed E-state index contributed by atoms with van der Waals surface area (Å²) in [5.74, 6) is 0.667. The van der Waals surface area contributed by atoms with Gasteiger partial charge in [-0.2, -0.15) is 0 Å². The first-order valence-electron chi connectivity index (χ1n) is 3.61. The smallest absolute Gasteiger partial charge is 0.217 e. The molecular formula is C7H13NO2. The number of rotatable bonds is 3. The molecule has 3 N–H and O–H groups in total. The predicted molar refractivity (Wildman–Crippen MR) is 37.1 cm³/mol. The van der Waals surface area contributed by atoms with Gasteiger partial charge >= 0.3 is 0 Å². The van der Waals surface area contributed by atoms with Crippen molar-refractivity contribution in [3.8, 4) is 0 Å². The van der Waals surface area contributed by atoms with Crippen LogP contribution < -0.4 is 5.73 Å². The first kappa shape index (κ1) is 7.54. The molecule has 0 aromatic carbocycles. The highest BCUT2D eigenvalue weighted by Crippen LogP contribution is 2.35. The summed E-state index contributed by atoms with van der Waals surface area (Å²) in [5.41, 5.74) is 4.99. The molecule has 0 heterocycles. The molecule has 0 aromatic rings. The molecule has 0 radical (unpaired) electrons. The largest absolute Gasteiger partial charge is 0.396 e. The maximum absolute atomic E-state index is 10.4. The molecule has 0 spiro atoms. The third-order valence-corrected chi connectivity index (χ3v) is 2.08. The van der Waals surface area contributed by atoms with Crippen LogP contribution in [0.5, 0.6) is 0 Å². The van der Waals surface area contributed by atoms with E-state index in [1.807, 2.05) is 0 Å². The van der Waals surface area contributed by atoms with Gasteiger partial charge in [-0.25, -0.2) is 0 Å². The molecule has 3 heteroatoms. The van der Waals surface area contributed by atoms with Crippen molar-refractivity contribution in [1.29, 1.82) is 0 Å². The zero-order valence-electron chi connectivity index (χ0n) is 5.92. The van der Waals surface area contributed by atoms with Gasteiger partial charge in [-0.05, 0) is 24.7 Å². The summed E-state index contributed by atoms with van der Waals surface area (Å²) >= 11 is 0. The van der Waals surface area contributed by atoms with Crippen molar-refractivity contribution in [2.75, 3.05) is 6.61 Å². The lowest BCUT2D eigenvalue weighted by Gasteiger charge is -2.32. The van der Waals surface area contributed by atoms with Crippen LogP contribution in [-0.2, 0) is 4.79 Å².